The molecule has 4 heteroatoms. The molecule has 2 unspecified atom stereocenters. The third-order valence-corrected chi connectivity index (χ3v) is 3.42. The van der Waals surface area contributed by atoms with Crippen LogP contribution < -0.4 is 11.1 Å². The average molecular weight is 188 g/mol. The standard InChI is InChI=1S/C8H16N2OS/c1-6-7(3-5-12-6)10-8(11)2-4-9/h6-7H,2-5,9H2,1H3,(H,10,11). The van der Waals surface area contributed by atoms with Gasteiger partial charge >= 0.3 is 0 Å². The Kier molecular flexibility index (Phi) is 3.88. The van der Waals surface area contributed by atoms with Gasteiger partial charge in [0.2, 0.25) is 5.91 Å². The van der Waals surface area contributed by atoms with E-state index in [0.29, 0.717) is 24.3 Å². The third-order valence-electron chi connectivity index (χ3n) is 2.09. The quantitative estimate of drug-likeness (QED) is 0.672. The maximum absolute atomic E-state index is 11.1. The summed E-state index contributed by atoms with van der Waals surface area (Å²) in [5.41, 5.74) is 5.27. The number of nitrogens with two attached hydrogens (primary N) is 1. The van der Waals surface area contributed by atoms with Crippen molar-refractivity contribution < 1.29 is 4.79 Å². The molecule has 3 nitrogen and oxygen atoms in total. The van der Waals surface area contributed by atoms with Crippen LogP contribution in [0.2, 0.25) is 0 Å². The number of nitrogens with one attached hydrogen (secondary N) is 1. The van der Waals surface area contributed by atoms with Crippen LogP contribution in [-0.2, 0) is 4.79 Å². The average Bonchev–Trinajstić information content (AvgIpc) is 2.37. The number of amides is 1. The van der Waals surface area contributed by atoms with Crippen molar-refractivity contribution in [2.24, 2.45) is 5.73 Å². The van der Waals surface area contributed by atoms with E-state index >= 15 is 0 Å². The highest BCUT2D eigenvalue weighted by atomic mass is 32.2. The number of carbonyl (C=O) groups is 1. The number of hydrogen-bond acceptors (Lipinski definition) is 3. The molecular formula is C8H16N2OS. The zero-order valence-corrected chi connectivity index (χ0v) is 8.19. The largest absolute Gasteiger partial charge is 0.352 e. The molecule has 1 saturated heterocycles. The first kappa shape index (κ1) is 9.86. The van der Waals surface area contributed by atoms with Crippen LogP contribution in [0.5, 0.6) is 0 Å². The van der Waals surface area contributed by atoms with Crippen LogP contribution in [-0.4, -0.2) is 29.5 Å². The normalized spacial score (nSPS) is 28.8. The van der Waals surface area contributed by atoms with Crippen molar-refractivity contribution in [2.45, 2.75) is 31.1 Å². The molecule has 0 aromatic carbocycles. The molecule has 0 saturated carbocycles. The fourth-order valence-corrected chi connectivity index (χ4v) is 2.53. The van der Waals surface area contributed by atoms with Crippen LogP contribution in [0.25, 0.3) is 0 Å². The van der Waals surface area contributed by atoms with Gasteiger partial charge in [-0.1, -0.05) is 6.92 Å². The van der Waals surface area contributed by atoms with Gasteiger partial charge in [-0.3, -0.25) is 4.79 Å². The van der Waals surface area contributed by atoms with Crippen molar-refractivity contribution in [3.63, 3.8) is 0 Å². The summed E-state index contributed by atoms with van der Waals surface area (Å²) in [7, 11) is 0. The summed E-state index contributed by atoms with van der Waals surface area (Å²) < 4.78 is 0. The van der Waals surface area contributed by atoms with Gasteiger partial charge in [-0.05, 0) is 12.2 Å². The van der Waals surface area contributed by atoms with E-state index in [4.69, 9.17) is 5.73 Å². The molecule has 12 heavy (non-hydrogen) atoms. The van der Waals surface area contributed by atoms with Crippen LogP contribution in [0, 0.1) is 0 Å². The molecule has 1 fully saturated rings. The summed E-state index contributed by atoms with van der Waals surface area (Å²) in [4.78, 5) is 11.1. The van der Waals surface area contributed by atoms with Crippen molar-refractivity contribution in [1.82, 2.24) is 5.32 Å². The van der Waals surface area contributed by atoms with Crippen molar-refractivity contribution in [2.75, 3.05) is 12.3 Å². The number of rotatable bonds is 3. The molecule has 1 heterocycles. The van der Waals surface area contributed by atoms with Crippen molar-refractivity contribution >= 4 is 17.7 Å². The molecule has 70 valence electrons. The Bertz CT molecular complexity index is 163. The smallest absolute Gasteiger partial charge is 0.221 e. The lowest BCUT2D eigenvalue weighted by atomic mass is 10.1. The summed E-state index contributed by atoms with van der Waals surface area (Å²) >= 11 is 1.92. The second-order valence-electron chi connectivity index (χ2n) is 3.08. The molecule has 0 radical (unpaired) electrons. The molecule has 3 N–H and O–H groups in total. The molecule has 0 spiro atoms. The molecular weight excluding hydrogens is 172 g/mol. The topological polar surface area (TPSA) is 55.1 Å². The number of thioether (sulfide) groups is 1. The second-order valence-corrected chi connectivity index (χ2v) is 4.56. The van der Waals surface area contributed by atoms with Gasteiger partial charge in [0.15, 0.2) is 0 Å². The van der Waals surface area contributed by atoms with Gasteiger partial charge in [-0.2, -0.15) is 11.8 Å². The van der Waals surface area contributed by atoms with Gasteiger partial charge < -0.3 is 11.1 Å². The van der Waals surface area contributed by atoms with E-state index in [-0.39, 0.29) is 5.91 Å². The summed E-state index contributed by atoms with van der Waals surface area (Å²) in [5.74, 6) is 1.26. The Hall–Kier alpha value is -0.220. The minimum absolute atomic E-state index is 0.0943. The Morgan fingerprint density at radius 3 is 3.00 bits per heavy atom. The maximum atomic E-state index is 11.1. The molecule has 2 atom stereocenters. The van der Waals surface area contributed by atoms with E-state index in [0.717, 1.165) is 12.2 Å². The lowest BCUT2D eigenvalue weighted by molar-refractivity contribution is -0.121. The monoisotopic (exact) mass is 188 g/mol. The molecule has 1 amide bonds. The van der Waals surface area contributed by atoms with Gasteiger partial charge in [0.1, 0.15) is 0 Å². The SMILES string of the molecule is CC1SCCC1NC(=O)CCN. The maximum Gasteiger partial charge on any atom is 0.221 e. The summed E-state index contributed by atoms with van der Waals surface area (Å²) in [6.07, 6.45) is 1.55. The lowest BCUT2D eigenvalue weighted by Crippen LogP contribution is -2.38. The van der Waals surface area contributed by atoms with E-state index < -0.39 is 0 Å². The van der Waals surface area contributed by atoms with Crippen LogP contribution in [0.15, 0.2) is 0 Å². The lowest BCUT2D eigenvalue weighted by Gasteiger charge is -2.15. The molecule has 1 rings (SSSR count). The van der Waals surface area contributed by atoms with Crippen molar-refractivity contribution in [1.29, 1.82) is 0 Å². The van der Waals surface area contributed by atoms with Gasteiger partial charge in [-0.25, -0.2) is 0 Å². The molecule has 1 aliphatic heterocycles. The van der Waals surface area contributed by atoms with E-state index in [1.165, 1.54) is 0 Å². The van der Waals surface area contributed by atoms with Gasteiger partial charge in [0.05, 0.1) is 0 Å². The van der Waals surface area contributed by atoms with Crippen LogP contribution >= 0.6 is 11.8 Å². The zero-order chi connectivity index (χ0) is 8.97. The van der Waals surface area contributed by atoms with Crippen LogP contribution in [0.1, 0.15) is 19.8 Å². The first-order chi connectivity index (χ1) is 5.74. The van der Waals surface area contributed by atoms with Crippen molar-refractivity contribution in [3.05, 3.63) is 0 Å². The van der Waals surface area contributed by atoms with Gasteiger partial charge in [0.25, 0.3) is 0 Å². The third kappa shape index (κ3) is 2.68. The van der Waals surface area contributed by atoms with Crippen LogP contribution in [0.3, 0.4) is 0 Å². The Balaban J connectivity index is 2.25. The van der Waals surface area contributed by atoms with Gasteiger partial charge in [-0.15, -0.1) is 0 Å². The summed E-state index contributed by atoms with van der Waals surface area (Å²) in [6, 6.07) is 0.369. The molecule has 0 aromatic rings. The number of hydrogen-bond donors (Lipinski definition) is 2. The summed E-state index contributed by atoms with van der Waals surface area (Å²) in [5, 5.41) is 3.55. The minimum Gasteiger partial charge on any atom is -0.352 e. The highest BCUT2D eigenvalue weighted by molar-refractivity contribution is 8.00. The Morgan fingerprint density at radius 2 is 2.50 bits per heavy atom. The fraction of sp³-hybridized carbons (Fsp3) is 0.875. The van der Waals surface area contributed by atoms with E-state index in [1.54, 1.807) is 0 Å². The first-order valence-electron chi connectivity index (χ1n) is 4.35. The van der Waals surface area contributed by atoms with E-state index in [2.05, 4.69) is 12.2 Å². The fourth-order valence-electron chi connectivity index (χ4n) is 1.33. The van der Waals surface area contributed by atoms with Gasteiger partial charge in [0, 0.05) is 24.3 Å². The van der Waals surface area contributed by atoms with Crippen LogP contribution in [0.4, 0.5) is 0 Å². The zero-order valence-electron chi connectivity index (χ0n) is 7.38. The van der Waals surface area contributed by atoms with Crippen molar-refractivity contribution in [3.8, 4) is 0 Å². The Labute approximate surface area is 77.5 Å². The highest BCUT2D eigenvalue weighted by Gasteiger charge is 2.24. The predicted octanol–water partition coefficient (Wildman–Crippen LogP) is 0.345. The summed E-state index contributed by atoms with van der Waals surface area (Å²) in [6.45, 7) is 2.60. The Morgan fingerprint density at radius 1 is 1.75 bits per heavy atom. The molecule has 0 aliphatic carbocycles. The highest BCUT2D eigenvalue weighted by Crippen LogP contribution is 2.25. The molecule has 0 aromatic heterocycles. The molecule has 0 bridgehead atoms. The minimum atomic E-state index is 0.0943. The van der Waals surface area contributed by atoms with E-state index in [9.17, 15) is 4.79 Å². The second kappa shape index (κ2) is 4.72. The number of carbonyl (C=O) groups excluding carboxylic acids is 1. The molecule has 1 aliphatic rings. The predicted molar refractivity (Wildman–Crippen MR) is 52.1 cm³/mol. The van der Waals surface area contributed by atoms with E-state index in [1.807, 2.05) is 11.8 Å². The first-order valence-corrected chi connectivity index (χ1v) is 5.40.